The molecule has 0 bridgehead atoms. The topological polar surface area (TPSA) is 114 Å². The lowest BCUT2D eigenvalue weighted by molar-refractivity contribution is 0.400. The van der Waals surface area contributed by atoms with Crippen LogP contribution >= 0.6 is 0 Å². The number of nitrogens with zero attached hydrogens (tertiary/aromatic N) is 5. The molecule has 4 aromatic rings. The Morgan fingerprint density at radius 3 is 2.65 bits per heavy atom. The number of aromatic nitrogens is 6. The van der Waals surface area contributed by atoms with Gasteiger partial charge in [0.15, 0.2) is 0 Å². The molecule has 10 heteroatoms. The van der Waals surface area contributed by atoms with E-state index in [4.69, 9.17) is 4.74 Å². The summed E-state index contributed by atoms with van der Waals surface area (Å²) in [5.74, 6) is 1.04. The van der Waals surface area contributed by atoms with Gasteiger partial charge in [-0.3, -0.25) is 10.1 Å². The van der Waals surface area contributed by atoms with Crippen molar-refractivity contribution in [3.63, 3.8) is 0 Å². The molecule has 0 amide bonds. The van der Waals surface area contributed by atoms with Gasteiger partial charge in [0.25, 0.3) is 0 Å². The van der Waals surface area contributed by atoms with Crippen molar-refractivity contribution in [2.24, 2.45) is 0 Å². The molecule has 31 heavy (non-hydrogen) atoms. The minimum atomic E-state index is -0.374. The first-order chi connectivity index (χ1) is 15.0. The molecular formula is C21H21FN8O. The van der Waals surface area contributed by atoms with Gasteiger partial charge in [-0.15, -0.1) is 0 Å². The van der Waals surface area contributed by atoms with Gasteiger partial charge in [-0.2, -0.15) is 10.1 Å². The highest BCUT2D eigenvalue weighted by atomic mass is 19.1. The third-order valence-corrected chi connectivity index (χ3v) is 4.64. The second-order valence-corrected chi connectivity index (χ2v) is 6.89. The number of pyridine rings is 2. The van der Waals surface area contributed by atoms with Gasteiger partial charge in [0.2, 0.25) is 11.8 Å². The first kappa shape index (κ1) is 20.2. The maximum absolute atomic E-state index is 13.1. The van der Waals surface area contributed by atoms with E-state index < -0.39 is 0 Å². The highest BCUT2D eigenvalue weighted by molar-refractivity contribution is 5.71. The predicted molar refractivity (Wildman–Crippen MR) is 115 cm³/mol. The van der Waals surface area contributed by atoms with Crippen LogP contribution in [0.2, 0.25) is 0 Å². The Labute approximate surface area is 178 Å². The van der Waals surface area contributed by atoms with Crippen LogP contribution in [-0.4, -0.2) is 37.2 Å². The maximum atomic E-state index is 13.1. The smallest absolute Gasteiger partial charge is 0.237 e. The van der Waals surface area contributed by atoms with Crippen LogP contribution in [0.15, 0.2) is 49.2 Å². The van der Waals surface area contributed by atoms with Gasteiger partial charge < -0.3 is 15.4 Å². The maximum Gasteiger partial charge on any atom is 0.237 e. The van der Waals surface area contributed by atoms with Gasteiger partial charge in [-0.25, -0.2) is 14.4 Å². The van der Waals surface area contributed by atoms with E-state index in [2.05, 4.69) is 40.8 Å². The average Bonchev–Trinajstić information content (AvgIpc) is 3.31. The summed E-state index contributed by atoms with van der Waals surface area (Å²) in [7, 11) is 1.55. The van der Waals surface area contributed by atoms with Crippen LogP contribution < -0.4 is 15.4 Å². The fourth-order valence-corrected chi connectivity index (χ4v) is 2.96. The number of hydrogen-bond donors (Lipinski definition) is 3. The number of nitrogens with one attached hydrogen (secondary N) is 3. The van der Waals surface area contributed by atoms with Gasteiger partial charge in [0.05, 0.1) is 31.2 Å². The quantitative estimate of drug-likeness (QED) is 0.411. The summed E-state index contributed by atoms with van der Waals surface area (Å²) in [5, 5.41) is 13.2. The zero-order chi connectivity index (χ0) is 21.8. The second-order valence-electron chi connectivity index (χ2n) is 6.89. The third kappa shape index (κ3) is 4.58. The van der Waals surface area contributed by atoms with E-state index in [1.807, 2.05) is 19.9 Å². The number of anilines is 3. The van der Waals surface area contributed by atoms with Crippen molar-refractivity contribution in [1.82, 2.24) is 30.1 Å². The lowest BCUT2D eigenvalue weighted by atomic mass is 10.1. The lowest BCUT2D eigenvalue weighted by Gasteiger charge is -2.17. The number of rotatable bonds is 7. The zero-order valence-corrected chi connectivity index (χ0v) is 17.2. The van der Waals surface area contributed by atoms with Crippen LogP contribution in [0.5, 0.6) is 5.88 Å². The summed E-state index contributed by atoms with van der Waals surface area (Å²) in [6.07, 6.45) is 8.10. The van der Waals surface area contributed by atoms with E-state index in [1.54, 1.807) is 38.0 Å². The van der Waals surface area contributed by atoms with Crippen molar-refractivity contribution in [3.05, 3.63) is 66.3 Å². The Hall–Kier alpha value is -4.08. The number of ether oxygens (including phenoxy) is 1. The SMILES string of the molecule is COc1ncc(-c2cn[nH]c2)cc1Nc1ncc(C)c(NC(C)c2ccc(F)cn2)n1. The van der Waals surface area contributed by atoms with Crippen LogP contribution in [0.25, 0.3) is 11.1 Å². The molecule has 4 aromatic heterocycles. The molecule has 0 radical (unpaired) electrons. The summed E-state index contributed by atoms with van der Waals surface area (Å²) in [5.41, 5.74) is 3.93. The number of H-pyrrole nitrogens is 1. The van der Waals surface area contributed by atoms with Crippen molar-refractivity contribution < 1.29 is 9.13 Å². The van der Waals surface area contributed by atoms with Crippen LogP contribution in [0.3, 0.4) is 0 Å². The summed E-state index contributed by atoms with van der Waals surface area (Å²) < 4.78 is 18.5. The second kappa shape index (κ2) is 8.74. The van der Waals surface area contributed by atoms with Crippen molar-refractivity contribution in [3.8, 4) is 17.0 Å². The molecule has 0 aliphatic rings. The van der Waals surface area contributed by atoms with E-state index in [0.717, 1.165) is 16.7 Å². The normalized spacial score (nSPS) is 11.7. The summed E-state index contributed by atoms with van der Waals surface area (Å²) in [4.78, 5) is 17.4. The minimum Gasteiger partial charge on any atom is -0.480 e. The van der Waals surface area contributed by atoms with Crippen molar-refractivity contribution in [1.29, 1.82) is 0 Å². The molecule has 158 valence electrons. The standard InChI is InChI=1S/C21H21FN8O/c1-12-7-25-21(30-19(12)28-13(2)17-5-4-16(22)11-23-17)29-18-6-14(8-24-20(18)31-3)15-9-26-27-10-15/h4-11,13H,1-3H3,(H,26,27)(H2,25,28,29,30). The summed E-state index contributed by atoms with van der Waals surface area (Å²) >= 11 is 0. The van der Waals surface area contributed by atoms with E-state index >= 15 is 0 Å². The van der Waals surface area contributed by atoms with Crippen LogP contribution in [0.4, 0.5) is 21.8 Å². The molecule has 9 nitrogen and oxygen atoms in total. The Morgan fingerprint density at radius 2 is 1.94 bits per heavy atom. The van der Waals surface area contributed by atoms with E-state index in [0.29, 0.717) is 29.0 Å². The summed E-state index contributed by atoms with van der Waals surface area (Å²) in [6.45, 7) is 3.83. The van der Waals surface area contributed by atoms with Gasteiger partial charge in [-0.1, -0.05) is 0 Å². The summed E-state index contributed by atoms with van der Waals surface area (Å²) in [6, 6.07) is 4.73. The van der Waals surface area contributed by atoms with Crippen molar-refractivity contribution >= 4 is 17.5 Å². The zero-order valence-electron chi connectivity index (χ0n) is 17.2. The lowest BCUT2D eigenvalue weighted by Crippen LogP contribution is -2.12. The van der Waals surface area contributed by atoms with Gasteiger partial charge in [-0.05, 0) is 32.0 Å². The average molecular weight is 420 g/mol. The number of hydrogen-bond acceptors (Lipinski definition) is 8. The Balaban J connectivity index is 1.58. The Kier molecular flexibility index (Phi) is 5.69. The number of aromatic amines is 1. The fourth-order valence-electron chi connectivity index (χ4n) is 2.96. The first-order valence-electron chi connectivity index (χ1n) is 9.55. The molecule has 3 N–H and O–H groups in total. The molecule has 1 unspecified atom stereocenters. The van der Waals surface area contributed by atoms with Gasteiger partial charge in [0, 0.05) is 35.3 Å². The predicted octanol–water partition coefficient (Wildman–Crippen LogP) is 4.03. The molecule has 0 aromatic carbocycles. The molecule has 4 heterocycles. The highest BCUT2D eigenvalue weighted by Crippen LogP contribution is 2.30. The van der Waals surface area contributed by atoms with Crippen molar-refractivity contribution in [2.45, 2.75) is 19.9 Å². The van der Waals surface area contributed by atoms with Gasteiger partial charge in [0.1, 0.15) is 17.3 Å². The van der Waals surface area contributed by atoms with Crippen LogP contribution in [-0.2, 0) is 0 Å². The van der Waals surface area contributed by atoms with Crippen LogP contribution in [0.1, 0.15) is 24.2 Å². The molecule has 1 atom stereocenters. The first-order valence-corrected chi connectivity index (χ1v) is 9.55. The number of methoxy groups -OCH3 is 1. The minimum absolute atomic E-state index is 0.178. The number of aryl methyl sites for hydroxylation is 1. The largest absolute Gasteiger partial charge is 0.480 e. The monoisotopic (exact) mass is 420 g/mol. The molecule has 0 fully saturated rings. The van der Waals surface area contributed by atoms with Gasteiger partial charge >= 0.3 is 0 Å². The van der Waals surface area contributed by atoms with E-state index in [-0.39, 0.29) is 11.9 Å². The van der Waals surface area contributed by atoms with E-state index in [1.165, 1.54) is 12.3 Å². The molecule has 0 spiro atoms. The fraction of sp³-hybridized carbons (Fsp3) is 0.190. The van der Waals surface area contributed by atoms with E-state index in [9.17, 15) is 4.39 Å². The van der Waals surface area contributed by atoms with Crippen LogP contribution in [0, 0.1) is 12.7 Å². The van der Waals surface area contributed by atoms with Crippen molar-refractivity contribution in [2.75, 3.05) is 17.7 Å². The molecule has 4 rings (SSSR count). The molecular weight excluding hydrogens is 399 g/mol. The molecule has 0 aliphatic carbocycles. The number of halogens is 1. The highest BCUT2D eigenvalue weighted by Gasteiger charge is 2.13. The molecule has 0 aliphatic heterocycles. The molecule has 0 saturated heterocycles. The Bertz CT molecular complexity index is 1160. The third-order valence-electron chi connectivity index (χ3n) is 4.64. The molecule has 0 saturated carbocycles. The Morgan fingerprint density at radius 1 is 1.06 bits per heavy atom.